The number of hydrogen-bond acceptors (Lipinski definition) is 3. The molecule has 2 aromatic carbocycles. The van der Waals surface area contributed by atoms with Crippen molar-refractivity contribution in [3.63, 3.8) is 0 Å². The first-order valence-corrected chi connectivity index (χ1v) is 10.4. The molecule has 0 amide bonds. The zero-order chi connectivity index (χ0) is 20.4. The van der Waals surface area contributed by atoms with Gasteiger partial charge in [0.05, 0.1) is 18.6 Å². The van der Waals surface area contributed by atoms with Crippen LogP contribution in [0.3, 0.4) is 0 Å². The number of aliphatic carboxylic acids is 1. The minimum atomic E-state index is -0.747. The molecule has 29 heavy (non-hydrogen) atoms. The molecule has 4 rings (SSSR count). The molecule has 0 radical (unpaired) electrons. The summed E-state index contributed by atoms with van der Waals surface area (Å²) in [7, 11) is 0. The highest BCUT2D eigenvalue weighted by molar-refractivity contribution is 5.71. The molecule has 1 N–H and O–H groups in total. The summed E-state index contributed by atoms with van der Waals surface area (Å²) in [5.74, 6) is 0.492. The zero-order valence-corrected chi connectivity index (χ0v) is 16.6. The van der Waals surface area contributed by atoms with Crippen molar-refractivity contribution in [2.45, 2.75) is 44.6 Å². The lowest BCUT2D eigenvalue weighted by Crippen LogP contribution is -2.37. The van der Waals surface area contributed by atoms with E-state index in [2.05, 4.69) is 0 Å². The highest BCUT2D eigenvalue weighted by atomic mass is 19.1. The van der Waals surface area contributed by atoms with Crippen LogP contribution in [0.25, 0.3) is 0 Å². The molecule has 0 aliphatic heterocycles. The summed E-state index contributed by atoms with van der Waals surface area (Å²) in [6.07, 6.45) is 3.91. The van der Waals surface area contributed by atoms with Crippen LogP contribution in [-0.2, 0) is 4.79 Å². The fourth-order valence-electron chi connectivity index (χ4n) is 4.23. The number of benzene rings is 2. The molecule has 0 bridgehead atoms. The number of halogens is 1. The van der Waals surface area contributed by atoms with Gasteiger partial charge in [-0.15, -0.1) is 0 Å². The van der Waals surface area contributed by atoms with Crippen molar-refractivity contribution in [1.82, 2.24) is 0 Å². The predicted molar refractivity (Wildman–Crippen MR) is 108 cm³/mol. The number of hydrogen-bond donors (Lipinski definition) is 1. The van der Waals surface area contributed by atoms with Crippen molar-refractivity contribution >= 4 is 5.97 Å². The third-order valence-electron chi connectivity index (χ3n) is 6.11. The van der Waals surface area contributed by atoms with Crippen LogP contribution in [-0.4, -0.2) is 23.8 Å². The minimum absolute atomic E-state index is 0.0301. The summed E-state index contributed by atoms with van der Waals surface area (Å²) in [6.45, 7) is 2.38. The molecule has 2 atom stereocenters. The number of ether oxygens (including phenoxy) is 2. The van der Waals surface area contributed by atoms with Crippen molar-refractivity contribution in [2.24, 2.45) is 17.8 Å². The van der Waals surface area contributed by atoms with Crippen molar-refractivity contribution < 1.29 is 23.8 Å². The predicted octanol–water partition coefficient (Wildman–Crippen LogP) is 5.28. The molecule has 2 aliphatic carbocycles. The number of carboxylic acids is 1. The third kappa shape index (κ3) is 4.72. The molecule has 4 nitrogen and oxygen atoms in total. The summed E-state index contributed by atoms with van der Waals surface area (Å²) >= 11 is 0. The van der Waals surface area contributed by atoms with Gasteiger partial charge in [-0.25, -0.2) is 4.39 Å². The lowest BCUT2D eigenvalue weighted by molar-refractivity contribution is -0.142. The fraction of sp³-hybridized carbons (Fsp3) is 0.458. The molecule has 2 fully saturated rings. The SMILES string of the molecule is CC(C(=O)O)C(c1cccc(OCC2CC(Oc3ccccc3F)C2)c1)C1CC1. The van der Waals surface area contributed by atoms with E-state index >= 15 is 0 Å². The Morgan fingerprint density at radius 3 is 2.62 bits per heavy atom. The molecule has 2 aliphatic rings. The lowest BCUT2D eigenvalue weighted by atomic mass is 9.82. The molecular formula is C24H27FO4. The van der Waals surface area contributed by atoms with E-state index in [4.69, 9.17) is 9.47 Å². The Kier molecular flexibility index (Phi) is 5.74. The highest BCUT2D eigenvalue weighted by Crippen LogP contribution is 2.47. The molecule has 5 heteroatoms. The van der Waals surface area contributed by atoms with E-state index in [-0.39, 0.29) is 17.8 Å². The number of rotatable bonds is 9. The quantitative estimate of drug-likeness (QED) is 0.625. The molecule has 2 saturated carbocycles. The smallest absolute Gasteiger partial charge is 0.306 e. The van der Waals surface area contributed by atoms with Gasteiger partial charge >= 0.3 is 5.97 Å². The third-order valence-corrected chi connectivity index (χ3v) is 6.11. The van der Waals surface area contributed by atoms with Crippen molar-refractivity contribution in [2.75, 3.05) is 6.61 Å². The molecule has 0 saturated heterocycles. The Hall–Kier alpha value is -2.56. The molecule has 2 unspecified atom stereocenters. The molecule has 154 valence electrons. The lowest BCUT2D eigenvalue weighted by Gasteiger charge is -2.35. The average molecular weight is 398 g/mol. The van der Waals surface area contributed by atoms with E-state index in [1.54, 1.807) is 25.1 Å². The van der Waals surface area contributed by atoms with Crippen LogP contribution in [0.4, 0.5) is 4.39 Å². The zero-order valence-electron chi connectivity index (χ0n) is 16.6. The van der Waals surface area contributed by atoms with E-state index in [1.165, 1.54) is 6.07 Å². The highest BCUT2D eigenvalue weighted by Gasteiger charge is 2.38. The van der Waals surface area contributed by atoms with Gasteiger partial charge in [0.15, 0.2) is 11.6 Å². The molecule has 0 heterocycles. The van der Waals surface area contributed by atoms with Gasteiger partial charge < -0.3 is 14.6 Å². The standard InChI is InChI=1S/C24H27FO4/c1-15(24(26)27)23(17-9-10-17)18-5-4-6-19(13-18)28-14-16-11-20(12-16)29-22-8-3-2-7-21(22)25/h2-8,13,15-17,20,23H,9-12,14H2,1H3,(H,26,27). The van der Waals surface area contributed by atoms with Crippen LogP contribution in [0.2, 0.25) is 0 Å². The molecule has 2 aromatic rings. The van der Waals surface area contributed by atoms with Crippen LogP contribution in [0.1, 0.15) is 44.1 Å². The second kappa shape index (κ2) is 8.44. The van der Waals surface area contributed by atoms with Gasteiger partial charge in [-0.05, 0) is 73.3 Å². The summed E-state index contributed by atoms with van der Waals surface area (Å²) in [6, 6.07) is 14.3. The van der Waals surface area contributed by atoms with Gasteiger partial charge in [0, 0.05) is 0 Å². The second-order valence-electron chi connectivity index (χ2n) is 8.38. The monoisotopic (exact) mass is 398 g/mol. The first kappa shape index (κ1) is 19.7. The fourth-order valence-corrected chi connectivity index (χ4v) is 4.23. The first-order valence-electron chi connectivity index (χ1n) is 10.4. The maximum atomic E-state index is 13.7. The van der Waals surface area contributed by atoms with Crippen molar-refractivity contribution in [3.05, 3.63) is 59.9 Å². The van der Waals surface area contributed by atoms with E-state index in [0.29, 0.717) is 24.2 Å². The summed E-state index contributed by atoms with van der Waals surface area (Å²) in [5.41, 5.74) is 1.05. The number of carbonyl (C=O) groups is 1. The van der Waals surface area contributed by atoms with E-state index in [9.17, 15) is 14.3 Å². The number of para-hydroxylation sites is 1. The van der Waals surface area contributed by atoms with Crippen LogP contribution >= 0.6 is 0 Å². The Bertz CT molecular complexity index is 857. The Morgan fingerprint density at radius 2 is 1.93 bits per heavy atom. The van der Waals surface area contributed by atoms with Gasteiger partial charge in [0.25, 0.3) is 0 Å². The van der Waals surface area contributed by atoms with E-state index < -0.39 is 11.9 Å². The Balaban J connectivity index is 1.29. The topological polar surface area (TPSA) is 55.8 Å². The summed E-state index contributed by atoms with van der Waals surface area (Å²) in [5, 5.41) is 9.46. The van der Waals surface area contributed by atoms with Crippen LogP contribution < -0.4 is 9.47 Å². The molecular weight excluding hydrogens is 371 g/mol. The van der Waals surface area contributed by atoms with Crippen molar-refractivity contribution in [1.29, 1.82) is 0 Å². The van der Waals surface area contributed by atoms with Gasteiger partial charge in [-0.3, -0.25) is 4.79 Å². The summed E-state index contributed by atoms with van der Waals surface area (Å²) < 4.78 is 25.4. The normalized spacial score (nSPS) is 23.0. The maximum Gasteiger partial charge on any atom is 0.306 e. The van der Waals surface area contributed by atoms with Gasteiger partial charge in [-0.2, -0.15) is 0 Å². The minimum Gasteiger partial charge on any atom is -0.493 e. The van der Waals surface area contributed by atoms with Crippen LogP contribution in [0, 0.1) is 23.6 Å². The first-order chi connectivity index (χ1) is 14.0. The maximum absolute atomic E-state index is 13.7. The summed E-state index contributed by atoms with van der Waals surface area (Å²) in [4.78, 5) is 11.5. The Morgan fingerprint density at radius 1 is 1.17 bits per heavy atom. The van der Waals surface area contributed by atoms with Crippen LogP contribution in [0.5, 0.6) is 11.5 Å². The average Bonchev–Trinajstić information content (AvgIpc) is 3.50. The van der Waals surface area contributed by atoms with E-state index in [0.717, 1.165) is 37.0 Å². The molecule has 0 spiro atoms. The molecule has 0 aromatic heterocycles. The van der Waals surface area contributed by atoms with Gasteiger partial charge in [0.2, 0.25) is 0 Å². The number of carboxylic acid groups (broad SMARTS) is 1. The Labute approximate surface area is 170 Å². The van der Waals surface area contributed by atoms with Gasteiger partial charge in [0.1, 0.15) is 5.75 Å². The van der Waals surface area contributed by atoms with Crippen molar-refractivity contribution in [3.8, 4) is 11.5 Å². The van der Waals surface area contributed by atoms with Crippen LogP contribution in [0.15, 0.2) is 48.5 Å². The van der Waals surface area contributed by atoms with E-state index in [1.807, 2.05) is 24.3 Å². The second-order valence-corrected chi connectivity index (χ2v) is 8.38. The van der Waals surface area contributed by atoms with Gasteiger partial charge in [-0.1, -0.05) is 31.2 Å². The largest absolute Gasteiger partial charge is 0.493 e.